The molecule has 2 aliphatic carbocycles. The van der Waals surface area contributed by atoms with Gasteiger partial charge in [0.1, 0.15) is 0 Å². The zero-order chi connectivity index (χ0) is 8.77. The molecule has 70 valence electrons. The average molecular weight is 166 g/mol. The number of hydrogen-bond acceptors (Lipinski definition) is 0. The van der Waals surface area contributed by atoms with Crippen molar-refractivity contribution in [1.29, 1.82) is 0 Å². The third-order valence-corrected chi connectivity index (χ3v) is 4.42. The molecule has 0 aromatic rings. The maximum absolute atomic E-state index is 2.47. The Morgan fingerprint density at radius 1 is 1.25 bits per heavy atom. The molecule has 2 fully saturated rings. The zero-order valence-electron chi connectivity index (χ0n) is 8.77. The second-order valence-corrected chi connectivity index (χ2v) is 5.43. The van der Waals surface area contributed by atoms with E-state index in [0.29, 0.717) is 0 Å². The van der Waals surface area contributed by atoms with Crippen LogP contribution in [0.5, 0.6) is 0 Å². The average Bonchev–Trinajstić information content (AvgIpc) is 2.49. The fourth-order valence-corrected chi connectivity index (χ4v) is 3.64. The van der Waals surface area contributed by atoms with Crippen LogP contribution in [0, 0.1) is 23.2 Å². The molecule has 2 saturated carbocycles. The molecule has 0 N–H and O–H groups in total. The summed E-state index contributed by atoms with van der Waals surface area (Å²) in [6.45, 7) is 7.26. The Kier molecular flexibility index (Phi) is 1.97. The van der Waals surface area contributed by atoms with E-state index in [1.165, 1.54) is 25.7 Å². The van der Waals surface area contributed by atoms with E-state index in [0.717, 1.165) is 23.2 Å². The van der Waals surface area contributed by atoms with Crippen LogP contribution in [0.15, 0.2) is 0 Å². The van der Waals surface area contributed by atoms with Crippen molar-refractivity contribution in [1.82, 2.24) is 0 Å². The van der Waals surface area contributed by atoms with Gasteiger partial charge in [0.2, 0.25) is 0 Å². The first-order valence-corrected chi connectivity index (χ1v) is 5.68. The second kappa shape index (κ2) is 2.75. The van der Waals surface area contributed by atoms with Crippen LogP contribution in [0.1, 0.15) is 52.9 Å². The summed E-state index contributed by atoms with van der Waals surface area (Å²) in [4.78, 5) is 0. The highest BCUT2D eigenvalue weighted by Crippen LogP contribution is 2.69. The number of hydrogen-bond donors (Lipinski definition) is 0. The Morgan fingerprint density at radius 3 is 2.50 bits per heavy atom. The molecule has 0 nitrogen and oxygen atoms in total. The van der Waals surface area contributed by atoms with Crippen LogP contribution in [0.3, 0.4) is 0 Å². The zero-order valence-corrected chi connectivity index (χ0v) is 8.77. The fourth-order valence-electron chi connectivity index (χ4n) is 3.64. The summed E-state index contributed by atoms with van der Waals surface area (Å²) in [5, 5.41) is 0. The minimum atomic E-state index is 0.733. The molecule has 0 radical (unpaired) electrons. The van der Waals surface area contributed by atoms with Crippen LogP contribution in [0.4, 0.5) is 0 Å². The Balaban J connectivity index is 1.86. The molecule has 0 saturated heterocycles. The van der Waals surface area contributed by atoms with E-state index >= 15 is 0 Å². The van der Waals surface area contributed by atoms with Crippen molar-refractivity contribution in [2.45, 2.75) is 52.9 Å². The maximum Gasteiger partial charge on any atom is -0.0289 e. The van der Waals surface area contributed by atoms with Gasteiger partial charge >= 0.3 is 0 Å². The molecule has 0 amide bonds. The molecule has 0 heteroatoms. The van der Waals surface area contributed by atoms with Crippen molar-refractivity contribution >= 4 is 0 Å². The van der Waals surface area contributed by atoms with Gasteiger partial charge in [-0.15, -0.1) is 0 Å². The highest BCUT2D eigenvalue weighted by atomic mass is 14.7. The molecule has 12 heavy (non-hydrogen) atoms. The summed E-state index contributed by atoms with van der Waals surface area (Å²) in [6.07, 6.45) is 7.43. The molecule has 0 bridgehead atoms. The number of unbranched alkanes of at least 4 members (excludes halogenated alkanes) is 1. The molecule has 0 aliphatic heterocycles. The summed E-state index contributed by atoms with van der Waals surface area (Å²) < 4.78 is 0. The van der Waals surface area contributed by atoms with Crippen LogP contribution >= 0.6 is 0 Å². The molecule has 0 aromatic carbocycles. The van der Waals surface area contributed by atoms with E-state index in [-0.39, 0.29) is 0 Å². The molecular formula is C12H22. The smallest absolute Gasteiger partial charge is 0.0289 e. The van der Waals surface area contributed by atoms with Crippen molar-refractivity contribution in [3.63, 3.8) is 0 Å². The molecule has 2 rings (SSSR count). The van der Waals surface area contributed by atoms with E-state index < -0.39 is 0 Å². The standard InChI is InChI=1S/C12H22/c1-4-5-6-9-7-8-10-11(9)12(10,2)3/h9-11H,4-8H2,1-3H3. The molecule has 3 atom stereocenters. The normalized spacial score (nSPS) is 42.8. The van der Waals surface area contributed by atoms with Gasteiger partial charge in [0.05, 0.1) is 0 Å². The minimum absolute atomic E-state index is 0.733. The highest BCUT2D eigenvalue weighted by Gasteiger charge is 2.62. The summed E-state index contributed by atoms with van der Waals surface area (Å²) in [6, 6.07) is 0. The molecule has 0 spiro atoms. The van der Waals surface area contributed by atoms with Gasteiger partial charge in [-0.05, 0) is 36.0 Å². The SMILES string of the molecule is CCCCC1CCC2C1C2(C)C. The Labute approximate surface area is 76.7 Å². The lowest BCUT2D eigenvalue weighted by Crippen LogP contribution is -2.06. The first-order valence-electron chi connectivity index (χ1n) is 5.68. The van der Waals surface area contributed by atoms with Crippen LogP contribution in [0.2, 0.25) is 0 Å². The largest absolute Gasteiger partial charge is 0.0654 e. The van der Waals surface area contributed by atoms with Gasteiger partial charge in [-0.1, -0.05) is 40.0 Å². The molecule has 0 heterocycles. The second-order valence-electron chi connectivity index (χ2n) is 5.43. The summed E-state index contributed by atoms with van der Waals surface area (Å²) in [5.41, 5.74) is 0.733. The van der Waals surface area contributed by atoms with E-state index in [1.807, 2.05) is 0 Å². The van der Waals surface area contributed by atoms with Gasteiger partial charge in [0.25, 0.3) is 0 Å². The first kappa shape index (κ1) is 8.59. The number of fused-ring (bicyclic) bond motifs is 1. The lowest BCUT2D eigenvalue weighted by atomic mass is 9.89. The molecular weight excluding hydrogens is 144 g/mol. The fraction of sp³-hybridized carbons (Fsp3) is 1.00. The topological polar surface area (TPSA) is 0 Å². The van der Waals surface area contributed by atoms with Gasteiger partial charge in [-0.2, -0.15) is 0 Å². The van der Waals surface area contributed by atoms with Crippen LogP contribution < -0.4 is 0 Å². The van der Waals surface area contributed by atoms with Crippen molar-refractivity contribution < 1.29 is 0 Å². The molecule has 3 unspecified atom stereocenters. The summed E-state index contributed by atoms with van der Waals surface area (Å²) >= 11 is 0. The first-order chi connectivity index (χ1) is 5.68. The van der Waals surface area contributed by atoms with Crippen molar-refractivity contribution in [3.05, 3.63) is 0 Å². The maximum atomic E-state index is 2.47. The van der Waals surface area contributed by atoms with E-state index in [1.54, 1.807) is 6.42 Å². The van der Waals surface area contributed by atoms with E-state index in [2.05, 4.69) is 20.8 Å². The van der Waals surface area contributed by atoms with Crippen molar-refractivity contribution in [3.8, 4) is 0 Å². The molecule has 2 aliphatic rings. The minimum Gasteiger partial charge on any atom is -0.0654 e. The lowest BCUT2D eigenvalue weighted by molar-refractivity contribution is 0.342. The third-order valence-electron chi connectivity index (χ3n) is 4.42. The third kappa shape index (κ3) is 1.11. The van der Waals surface area contributed by atoms with Crippen molar-refractivity contribution in [2.24, 2.45) is 23.2 Å². The monoisotopic (exact) mass is 166 g/mol. The van der Waals surface area contributed by atoms with Crippen molar-refractivity contribution in [2.75, 3.05) is 0 Å². The Morgan fingerprint density at radius 2 is 2.00 bits per heavy atom. The van der Waals surface area contributed by atoms with Gasteiger partial charge < -0.3 is 0 Å². The van der Waals surface area contributed by atoms with Crippen LogP contribution in [-0.4, -0.2) is 0 Å². The number of rotatable bonds is 3. The van der Waals surface area contributed by atoms with E-state index in [9.17, 15) is 0 Å². The van der Waals surface area contributed by atoms with Crippen LogP contribution in [-0.2, 0) is 0 Å². The Hall–Kier alpha value is 0. The highest BCUT2D eigenvalue weighted by molar-refractivity contribution is 5.11. The lowest BCUT2D eigenvalue weighted by Gasteiger charge is -2.16. The van der Waals surface area contributed by atoms with Gasteiger partial charge in [-0.25, -0.2) is 0 Å². The summed E-state index contributed by atoms with van der Waals surface area (Å²) in [7, 11) is 0. The van der Waals surface area contributed by atoms with Gasteiger partial charge in [-0.3, -0.25) is 0 Å². The molecule has 0 aromatic heterocycles. The van der Waals surface area contributed by atoms with Crippen LogP contribution in [0.25, 0.3) is 0 Å². The summed E-state index contributed by atoms with van der Waals surface area (Å²) in [5.74, 6) is 3.33. The predicted molar refractivity (Wildman–Crippen MR) is 53.0 cm³/mol. The quantitative estimate of drug-likeness (QED) is 0.597. The Bertz CT molecular complexity index is 169. The predicted octanol–water partition coefficient (Wildman–Crippen LogP) is 3.86. The van der Waals surface area contributed by atoms with E-state index in [4.69, 9.17) is 0 Å². The van der Waals surface area contributed by atoms with Gasteiger partial charge in [0.15, 0.2) is 0 Å². The van der Waals surface area contributed by atoms with Gasteiger partial charge in [0, 0.05) is 0 Å².